The molecule has 0 radical (unpaired) electrons. The maximum absolute atomic E-state index is 12.5. The summed E-state index contributed by atoms with van der Waals surface area (Å²) in [5.41, 5.74) is 3.21. The van der Waals surface area contributed by atoms with E-state index in [2.05, 4.69) is 24.0 Å². The van der Waals surface area contributed by atoms with E-state index in [1.165, 1.54) is 0 Å². The molecule has 0 aromatic carbocycles. The molecule has 0 saturated heterocycles. The molecule has 0 N–H and O–H groups in total. The van der Waals surface area contributed by atoms with E-state index in [1.807, 2.05) is 31.0 Å². The summed E-state index contributed by atoms with van der Waals surface area (Å²) in [4.78, 5) is 14.1. The van der Waals surface area contributed by atoms with Crippen molar-refractivity contribution in [3.8, 4) is 0 Å². The van der Waals surface area contributed by atoms with Gasteiger partial charge >= 0.3 is 0 Å². The molecule has 0 aliphatic heterocycles. The van der Waals surface area contributed by atoms with Crippen molar-refractivity contribution in [2.75, 3.05) is 11.9 Å². The highest BCUT2D eigenvalue weighted by Gasteiger charge is 2.20. The molecule has 2 aromatic heterocycles. The largest absolute Gasteiger partial charge is 0.298 e. The third-order valence-electron chi connectivity index (χ3n) is 3.77. The van der Waals surface area contributed by atoms with Crippen molar-refractivity contribution in [2.24, 2.45) is 14.1 Å². The summed E-state index contributed by atoms with van der Waals surface area (Å²) in [7, 11) is 5.54. The van der Waals surface area contributed by atoms with Gasteiger partial charge in [-0.3, -0.25) is 19.1 Å². The number of aryl methyl sites for hydroxylation is 3. The maximum Gasteiger partial charge on any atom is 0.232 e. The Morgan fingerprint density at radius 3 is 2.48 bits per heavy atom. The second kappa shape index (κ2) is 6.11. The van der Waals surface area contributed by atoms with E-state index in [0.717, 1.165) is 29.8 Å². The summed E-state index contributed by atoms with van der Waals surface area (Å²) < 4.78 is 3.58. The minimum Gasteiger partial charge on any atom is -0.298 e. The summed E-state index contributed by atoms with van der Waals surface area (Å²) in [5, 5.41) is 8.78. The first-order valence-electron chi connectivity index (χ1n) is 7.27. The second-order valence-electron chi connectivity index (χ2n) is 5.18. The molecule has 0 saturated carbocycles. The molecule has 0 aliphatic rings. The van der Waals surface area contributed by atoms with Crippen LogP contribution in [-0.2, 0) is 38.2 Å². The van der Waals surface area contributed by atoms with Crippen LogP contribution in [-0.4, -0.2) is 32.5 Å². The zero-order valence-corrected chi connectivity index (χ0v) is 13.4. The van der Waals surface area contributed by atoms with E-state index < -0.39 is 0 Å². The number of nitrogens with zero attached hydrogens (tertiary/aromatic N) is 5. The van der Waals surface area contributed by atoms with Gasteiger partial charge < -0.3 is 0 Å². The molecule has 6 heteroatoms. The van der Waals surface area contributed by atoms with Crippen molar-refractivity contribution < 1.29 is 4.79 Å². The van der Waals surface area contributed by atoms with Crippen LogP contribution in [0.3, 0.4) is 0 Å². The Morgan fingerprint density at radius 1 is 1.24 bits per heavy atom. The van der Waals surface area contributed by atoms with Gasteiger partial charge in [-0.15, -0.1) is 0 Å². The van der Waals surface area contributed by atoms with Crippen LogP contribution in [0.1, 0.15) is 30.8 Å². The van der Waals surface area contributed by atoms with Crippen molar-refractivity contribution >= 4 is 11.7 Å². The normalized spacial score (nSPS) is 10.9. The first kappa shape index (κ1) is 15.3. The highest BCUT2D eigenvalue weighted by Crippen LogP contribution is 2.18. The molecule has 0 aliphatic carbocycles. The van der Waals surface area contributed by atoms with E-state index in [0.29, 0.717) is 12.2 Å². The Bertz CT molecular complexity index is 641. The van der Waals surface area contributed by atoms with Crippen LogP contribution in [0.5, 0.6) is 0 Å². The molecule has 6 nitrogen and oxygen atoms in total. The number of carbonyl (C=O) groups excluding carboxylic acids is 1. The van der Waals surface area contributed by atoms with Gasteiger partial charge in [0.25, 0.3) is 0 Å². The fourth-order valence-electron chi connectivity index (χ4n) is 2.57. The van der Waals surface area contributed by atoms with Crippen molar-refractivity contribution in [3.05, 3.63) is 29.2 Å². The predicted molar refractivity (Wildman–Crippen MR) is 82.3 cm³/mol. The molecule has 114 valence electrons. The lowest BCUT2D eigenvalue weighted by molar-refractivity contribution is -0.117. The second-order valence-corrected chi connectivity index (χ2v) is 5.18. The van der Waals surface area contributed by atoms with E-state index in [1.54, 1.807) is 16.6 Å². The fourth-order valence-corrected chi connectivity index (χ4v) is 2.57. The van der Waals surface area contributed by atoms with E-state index >= 15 is 0 Å². The van der Waals surface area contributed by atoms with Gasteiger partial charge in [0.2, 0.25) is 5.91 Å². The van der Waals surface area contributed by atoms with Crippen LogP contribution in [0.4, 0.5) is 5.82 Å². The standard InChI is InChI=1S/C15H23N5O/c1-6-12-11(13(7-2)20(5)16-12)10-15(21)19(4)14-8-9-18(3)17-14/h8-9H,6-7,10H2,1-5H3. The van der Waals surface area contributed by atoms with Crippen molar-refractivity contribution in [2.45, 2.75) is 33.1 Å². The van der Waals surface area contributed by atoms with Gasteiger partial charge in [-0.1, -0.05) is 13.8 Å². The molecule has 0 unspecified atom stereocenters. The van der Waals surface area contributed by atoms with Crippen LogP contribution in [0.15, 0.2) is 12.3 Å². The van der Waals surface area contributed by atoms with Crippen molar-refractivity contribution in [1.82, 2.24) is 19.6 Å². The first-order chi connectivity index (χ1) is 9.97. The summed E-state index contributed by atoms with van der Waals surface area (Å²) in [5.74, 6) is 0.702. The van der Waals surface area contributed by atoms with Crippen molar-refractivity contribution in [1.29, 1.82) is 0 Å². The zero-order valence-electron chi connectivity index (χ0n) is 13.4. The molecule has 0 bridgehead atoms. The molecule has 2 aromatic rings. The smallest absolute Gasteiger partial charge is 0.232 e. The number of hydrogen-bond acceptors (Lipinski definition) is 3. The minimum absolute atomic E-state index is 0.0334. The number of aromatic nitrogens is 4. The highest BCUT2D eigenvalue weighted by atomic mass is 16.2. The summed E-state index contributed by atoms with van der Waals surface area (Å²) in [6.45, 7) is 4.16. The zero-order chi connectivity index (χ0) is 15.6. The number of likely N-dealkylation sites (N-methyl/N-ethyl adjacent to an activating group) is 1. The lowest BCUT2D eigenvalue weighted by atomic mass is 10.1. The summed E-state index contributed by atoms with van der Waals surface area (Å²) in [6.07, 6.45) is 3.91. The van der Waals surface area contributed by atoms with Gasteiger partial charge in [0.15, 0.2) is 5.82 Å². The van der Waals surface area contributed by atoms with Gasteiger partial charge in [-0.25, -0.2) is 0 Å². The SMILES string of the molecule is CCc1nn(C)c(CC)c1CC(=O)N(C)c1ccn(C)n1. The molecular weight excluding hydrogens is 266 g/mol. The lowest BCUT2D eigenvalue weighted by Gasteiger charge is -2.14. The molecular formula is C15H23N5O. The van der Waals surface area contributed by atoms with Crippen LogP contribution in [0, 0.1) is 0 Å². The topological polar surface area (TPSA) is 56.0 Å². The monoisotopic (exact) mass is 289 g/mol. The van der Waals surface area contributed by atoms with Gasteiger partial charge in [-0.2, -0.15) is 10.2 Å². The quantitative estimate of drug-likeness (QED) is 0.838. The lowest BCUT2D eigenvalue weighted by Crippen LogP contribution is -2.29. The first-order valence-corrected chi connectivity index (χ1v) is 7.27. The third-order valence-corrected chi connectivity index (χ3v) is 3.77. The Labute approximate surface area is 125 Å². The van der Waals surface area contributed by atoms with Gasteiger partial charge in [0.1, 0.15) is 0 Å². The van der Waals surface area contributed by atoms with Crippen LogP contribution >= 0.6 is 0 Å². The van der Waals surface area contributed by atoms with E-state index in [-0.39, 0.29) is 5.91 Å². The fraction of sp³-hybridized carbons (Fsp3) is 0.533. The molecule has 21 heavy (non-hydrogen) atoms. The number of hydrogen-bond donors (Lipinski definition) is 0. The highest BCUT2D eigenvalue weighted by molar-refractivity contribution is 5.93. The average Bonchev–Trinajstić information content (AvgIpc) is 3.01. The summed E-state index contributed by atoms with van der Waals surface area (Å²) in [6, 6.07) is 1.84. The van der Waals surface area contributed by atoms with Crippen LogP contribution < -0.4 is 4.90 Å². The average molecular weight is 289 g/mol. The number of anilines is 1. The maximum atomic E-state index is 12.5. The Balaban J connectivity index is 2.23. The molecule has 0 atom stereocenters. The molecule has 1 amide bonds. The van der Waals surface area contributed by atoms with Gasteiger partial charge in [-0.05, 0) is 12.8 Å². The van der Waals surface area contributed by atoms with Crippen LogP contribution in [0.2, 0.25) is 0 Å². The minimum atomic E-state index is 0.0334. The van der Waals surface area contributed by atoms with E-state index in [9.17, 15) is 4.79 Å². The molecule has 2 rings (SSSR count). The Hall–Kier alpha value is -2.11. The van der Waals surface area contributed by atoms with Crippen LogP contribution in [0.25, 0.3) is 0 Å². The number of amides is 1. The number of rotatable bonds is 5. The van der Waals surface area contributed by atoms with E-state index in [4.69, 9.17) is 0 Å². The van der Waals surface area contributed by atoms with Gasteiger partial charge in [0, 0.05) is 44.7 Å². The van der Waals surface area contributed by atoms with Gasteiger partial charge in [0.05, 0.1) is 12.1 Å². The molecule has 0 fully saturated rings. The summed E-state index contributed by atoms with van der Waals surface area (Å²) >= 11 is 0. The Morgan fingerprint density at radius 2 is 1.95 bits per heavy atom. The third kappa shape index (κ3) is 2.99. The molecule has 2 heterocycles. The number of carbonyl (C=O) groups is 1. The Kier molecular flexibility index (Phi) is 4.45. The predicted octanol–water partition coefficient (Wildman–Crippen LogP) is 1.48. The van der Waals surface area contributed by atoms with Crippen molar-refractivity contribution in [3.63, 3.8) is 0 Å². The molecule has 0 spiro atoms.